The van der Waals surface area contributed by atoms with Crippen molar-refractivity contribution in [1.29, 1.82) is 0 Å². The van der Waals surface area contributed by atoms with Gasteiger partial charge in [-0.15, -0.1) is 0 Å². The van der Waals surface area contributed by atoms with Gasteiger partial charge in [-0.1, -0.05) is 6.42 Å². The largest absolute Gasteiger partial charge is 0.312 e. The van der Waals surface area contributed by atoms with E-state index in [1.165, 1.54) is 12.8 Å². The summed E-state index contributed by atoms with van der Waals surface area (Å²) in [5, 5.41) is 3.36. The van der Waals surface area contributed by atoms with Crippen molar-refractivity contribution < 1.29 is 8.42 Å². The van der Waals surface area contributed by atoms with Crippen molar-refractivity contribution in [1.82, 2.24) is 14.8 Å². The van der Waals surface area contributed by atoms with E-state index in [1.807, 2.05) is 6.92 Å². The van der Waals surface area contributed by atoms with Gasteiger partial charge in [0.2, 0.25) is 0 Å². The summed E-state index contributed by atoms with van der Waals surface area (Å²) in [6, 6.07) is 0.394. The van der Waals surface area contributed by atoms with Crippen molar-refractivity contribution in [2.45, 2.75) is 57.2 Å². The van der Waals surface area contributed by atoms with Gasteiger partial charge in [0.25, 0.3) is 10.2 Å². The van der Waals surface area contributed by atoms with Crippen molar-refractivity contribution in [2.24, 2.45) is 0 Å². The Labute approximate surface area is 97.6 Å². The molecule has 0 aromatic heterocycles. The van der Waals surface area contributed by atoms with Crippen LogP contribution in [0.15, 0.2) is 0 Å². The number of rotatable bonds is 5. The summed E-state index contributed by atoms with van der Waals surface area (Å²) in [5.74, 6) is 0. The molecule has 1 saturated carbocycles. The molecule has 0 amide bonds. The molecular weight excluding hydrogens is 226 g/mol. The first-order valence-electron chi connectivity index (χ1n) is 6.10. The van der Waals surface area contributed by atoms with Gasteiger partial charge in [0.15, 0.2) is 0 Å². The van der Waals surface area contributed by atoms with Crippen LogP contribution >= 0.6 is 0 Å². The van der Waals surface area contributed by atoms with Crippen molar-refractivity contribution in [3.63, 3.8) is 0 Å². The molecule has 2 atom stereocenters. The van der Waals surface area contributed by atoms with Crippen LogP contribution in [0.1, 0.15) is 39.0 Å². The number of nitrogens with one attached hydrogen (secondary N) is 3. The molecule has 1 saturated heterocycles. The Hall–Kier alpha value is -0.170. The first-order valence-corrected chi connectivity index (χ1v) is 7.58. The van der Waals surface area contributed by atoms with Gasteiger partial charge in [-0.3, -0.25) is 0 Å². The summed E-state index contributed by atoms with van der Waals surface area (Å²) in [6.07, 6.45) is 5.36. The smallest absolute Gasteiger partial charge is 0.277 e. The van der Waals surface area contributed by atoms with Crippen LogP contribution in [0.4, 0.5) is 0 Å². The molecule has 2 fully saturated rings. The summed E-state index contributed by atoms with van der Waals surface area (Å²) in [4.78, 5) is 0. The van der Waals surface area contributed by atoms with E-state index in [9.17, 15) is 8.42 Å². The lowest BCUT2D eigenvalue weighted by molar-refractivity contribution is 0.346. The summed E-state index contributed by atoms with van der Waals surface area (Å²) in [7, 11) is -3.31. The Kier molecular flexibility index (Phi) is 3.84. The number of hydrogen-bond acceptors (Lipinski definition) is 3. The van der Waals surface area contributed by atoms with Gasteiger partial charge >= 0.3 is 0 Å². The zero-order valence-electron chi connectivity index (χ0n) is 9.70. The van der Waals surface area contributed by atoms with E-state index in [0.29, 0.717) is 0 Å². The molecule has 5 nitrogen and oxygen atoms in total. The molecule has 1 aliphatic carbocycles. The highest BCUT2D eigenvalue weighted by atomic mass is 32.2. The summed E-state index contributed by atoms with van der Waals surface area (Å²) < 4.78 is 28.7. The van der Waals surface area contributed by atoms with Gasteiger partial charge in [-0.25, -0.2) is 0 Å². The Balaban J connectivity index is 1.82. The van der Waals surface area contributed by atoms with Crippen molar-refractivity contribution >= 4 is 10.2 Å². The van der Waals surface area contributed by atoms with Crippen LogP contribution in [-0.4, -0.2) is 33.1 Å². The molecule has 0 aromatic rings. The molecule has 16 heavy (non-hydrogen) atoms. The summed E-state index contributed by atoms with van der Waals surface area (Å²) >= 11 is 0. The Morgan fingerprint density at radius 3 is 2.56 bits per heavy atom. The normalized spacial score (nSPS) is 28.9. The van der Waals surface area contributed by atoms with Crippen LogP contribution in [0.3, 0.4) is 0 Å². The molecule has 1 aliphatic heterocycles. The summed E-state index contributed by atoms with van der Waals surface area (Å²) in [5.41, 5.74) is 0. The minimum absolute atomic E-state index is 0.0449. The van der Waals surface area contributed by atoms with Gasteiger partial charge < -0.3 is 5.32 Å². The maximum Gasteiger partial charge on any atom is 0.277 e. The maximum atomic E-state index is 11.7. The molecule has 94 valence electrons. The predicted octanol–water partition coefficient (Wildman–Crippen LogP) is 0.103. The fourth-order valence-corrected chi connectivity index (χ4v) is 3.48. The van der Waals surface area contributed by atoms with Gasteiger partial charge in [0, 0.05) is 18.1 Å². The van der Waals surface area contributed by atoms with E-state index in [-0.39, 0.29) is 18.1 Å². The Bertz CT molecular complexity index is 321. The zero-order valence-corrected chi connectivity index (χ0v) is 10.5. The molecule has 2 rings (SSSR count). The number of hydrogen-bond donors (Lipinski definition) is 3. The van der Waals surface area contributed by atoms with E-state index in [0.717, 1.165) is 25.8 Å². The molecule has 0 spiro atoms. The zero-order chi connectivity index (χ0) is 11.6. The van der Waals surface area contributed by atoms with Gasteiger partial charge in [-0.2, -0.15) is 17.9 Å². The molecule has 3 N–H and O–H groups in total. The molecule has 1 heterocycles. The Morgan fingerprint density at radius 2 is 2.00 bits per heavy atom. The monoisotopic (exact) mass is 247 g/mol. The molecule has 0 radical (unpaired) electrons. The average Bonchev–Trinajstić information content (AvgIpc) is 3.01. The van der Waals surface area contributed by atoms with Crippen LogP contribution in [0, 0.1) is 0 Å². The first-order chi connectivity index (χ1) is 7.57. The second kappa shape index (κ2) is 5.00. The fraction of sp³-hybridized carbons (Fsp3) is 1.00. The lowest BCUT2D eigenvalue weighted by atomic mass is 10.00. The van der Waals surface area contributed by atoms with Crippen LogP contribution in [0.5, 0.6) is 0 Å². The quantitative estimate of drug-likeness (QED) is 0.645. The maximum absolute atomic E-state index is 11.7. The van der Waals surface area contributed by atoms with E-state index in [4.69, 9.17) is 0 Å². The third-order valence-corrected chi connectivity index (χ3v) is 4.52. The van der Waals surface area contributed by atoms with Crippen molar-refractivity contribution in [3.8, 4) is 0 Å². The van der Waals surface area contributed by atoms with E-state index < -0.39 is 10.2 Å². The second-order valence-corrected chi connectivity index (χ2v) is 6.34. The van der Waals surface area contributed by atoms with Crippen molar-refractivity contribution in [3.05, 3.63) is 0 Å². The van der Waals surface area contributed by atoms with Crippen molar-refractivity contribution in [2.75, 3.05) is 6.54 Å². The Morgan fingerprint density at radius 1 is 1.25 bits per heavy atom. The van der Waals surface area contributed by atoms with Crippen LogP contribution in [0.2, 0.25) is 0 Å². The second-order valence-electron chi connectivity index (χ2n) is 4.86. The van der Waals surface area contributed by atoms with E-state index >= 15 is 0 Å². The summed E-state index contributed by atoms with van der Waals surface area (Å²) in [6.45, 7) is 2.92. The highest BCUT2D eigenvalue weighted by Gasteiger charge is 2.29. The van der Waals surface area contributed by atoms with Gasteiger partial charge in [0.1, 0.15) is 0 Å². The van der Waals surface area contributed by atoms with E-state index in [1.54, 1.807) is 0 Å². The highest BCUT2D eigenvalue weighted by molar-refractivity contribution is 7.87. The standard InChI is InChI=1S/C10H21N3O2S/c1-8(10-4-2-3-7-11-10)12-16(14,15)13-9-5-6-9/h8-13H,2-7H2,1H3. The molecule has 2 unspecified atom stereocenters. The van der Waals surface area contributed by atoms with E-state index in [2.05, 4.69) is 14.8 Å². The van der Waals surface area contributed by atoms with Gasteiger partial charge in [0.05, 0.1) is 0 Å². The first kappa shape index (κ1) is 12.3. The third kappa shape index (κ3) is 3.69. The molecule has 2 aliphatic rings. The average molecular weight is 247 g/mol. The lowest BCUT2D eigenvalue weighted by Crippen LogP contribution is -2.52. The SMILES string of the molecule is CC(NS(=O)(=O)NC1CC1)C1CCCCN1. The topological polar surface area (TPSA) is 70.2 Å². The van der Waals surface area contributed by atoms with Gasteiger partial charge in [-0.05, 0) is 39.2 Å². The predicted molar refractivity (Wildman–Crippen MR) is 63.3 cm³/mol. The lowest BCUT2D eigenvalue weighted by Gasteiger charge is -2.29. The highest BCUT2D eigenvalue weighted by Crippen LogP contribution is 2.19. The fourth-order valence-electron chi connectivity index (χ4n) is 2.09. The molecular formula is C10H21N3O2S. The van der Waals surface area contributed by atoms with Crippen LogP contribution in [0.25, 0.3) is 0 Å². The minimum Gasteiger partial charge on any atom is -0.312 e. The minimum atomic E-state index is -3.31. The third-order valence-electron chi connectivity index (χ3n) is 3.19. The van der Waals surface area contributed by atoms with Crippen LogP contribution < -0.4 is 14.8 Å². The number of piperidine rings is 1. The van der Waals surface area contributed by atoms with Crippen LogP contribution in [-0.2, 0) is 10.2 Å². The molecule has 0 bridgehead atoms. The molecule has 0 aromatic carbocycles. The molecule has 6 heteroatoms.